The minimum absolute atomic E-state index is 0.0297. The molecule has 0 saturated carbocycles. The average molecular weight is 438 g/mol. The zero-order valence-electron chi connectivity index (χ0n) is 18.6. The number of piperazine rings is 1. The van der Waals surface area contributed by atoms with E-state index >= 15 is 0 Å². The topological polar surface area (TPSA) is 78.9 Å². The van der Waals surface area contributed by atoms with Crippen molar-refractivity contribution < 1.29 is 19.1 Å². The molecule has 7 heteroatoms. The van der Waals surface area contributed by atoms with E-state index in [1.54, 1.807) is 11.8 Å². The summed E-state index contributed by atoms with van der Waals surface area (Å²) in [6.07, 6.45) is 1.38. The van der Waals surface area contributed by atoms with E-state index in [2.05, 4.69) is 40.5 Å². The van der Waals surface area contributed by atoms with E-state index < -0.39 is 6.04 Å². The number of nitrogens with one attached hydrogen (secondary N) is 1. The van der Waals surface area contributed by atoms with Gasteiger partial charge in [-0.05, 0) is 42.2 Å². The van der Waals surface area contributed by atoms with E-state index in [0.717, 1.165) is 5.56 Å². The summed E-state index contributed by atoms with van der Waals surface area (Å²) in [6.45, 7) is 5.16. The number of piperidine rings is 1. The van der Waals surface area contributed by atoms with Gasteiger partial charge in [0.2, 0.25) is 11.8 Å². The summed E-state index contributed by atoms with van der Waals surface area (Å²) in [5.41, 5.74) is 1.13. The molecule has 2 amide bonds. The quantitative estimate of drug-likeness (QED) is 0.702. The van der Waals surface area contributed by atoms with Crippen LogP contribution in [0, 0.1) is 5.92 Å². The third-order valence-corrected chi connectivity index (χ3v) is 6.48. The van der Waals surface area contributed by atoms with Crippen LogP contribution in [0.5, 0.6) is 0 Å². The molecule has 170 valence electrons. The molecule has 7 nitrogen and oxygen atoms in total. The molecule has 0 aromatic heterocycles. The van der Waals surface area contributed by atoms with Gasteiger partial charge < -0.3 is 15.0 Å². The maximum atomic E-state index is 13.0. The van der Waals surface area contributed by atoms with Crippen LogP contribution in [0.1, 0.15) is 31.7 Å². The number of carbonyl (C=O) groups excluding carboxylic acids is 3. The van der Waals surface area contributed by atoms with Crippen LogP contribution in [0.15, 0.2) is 42.5 Å². The molecule has 0 bridgehead atoms. The van der Waals surface area contributed by atoms with Crippen molar-refractivity contribution in [3.63, 3.8) is 0 Å². The molecule has 2 aliphatic rings. The first-order valence-corrected chi connectivity index (χ1v) is 11.5. The number of carbonyl (C=O) groups is 3. The molecule has 32 heavy (non-hydrogen) atoms. The predicted octanol–water partition coefficient (Wildman–Crippen LogP) is 2.33. The molecule has 0 radical (unpaired) electrons. The Labute approximate surface area is 188 Å². The molecule has 0 spiro atoms. The van der Waals surface area contributed by atoms with Gasteiger partial charge in [-0.15, -0.1) is 0 Å². The Morgan fingerprint density at radius 2 is 1.81 bits per heavy atom. The molecule has 1 atom stereocenters. The number of amides is 2. The van der Waals surface area contributed by atoms with Crippen molar-refractivity contribution in [3.05, 3.63) is 48.0 Å². The second kappa shape index (κ2) is 10.1. The van der Waals surface area contributed by atoms with Crippen molar-refractivity contribution in [1.82, 2.24) is 15.1 Å². The number of ether oxygens (including phenoxy) is 1. The minimum Gasteiger partial charge on any atom is -0.466 e. The molecule has 0 unspecified atom stereocenters. The van der Waals surface area contributed by atoms with Crippen LogP contribution >= 0.6 is 0 Å². The van der Waals surface area contributed by atoms with Crippen LogP contribution in [0.3, 0.4) is 0 Å². The van der Waals surface area contributed by atoms with Gasteiger partial charge in [0.15, 0.2) is 0 Å². The van der Waals surface area contributed by atoms with E-state index in [1.807, 2.05) is 12.1 Å². The van der Waals surface area contributed by atoms with Gasteiger partial charge in [0.05, 0.1) is 25.0 Å². The molecule has 0 aliphatic carbocycles. The van der Waals surface area contributed by atoms with Gasteiger partial charge >= 0.3 is 5.97 Å². The van der Waals surface area contributed by atoms with Crippen LogP contribution in [-0.2, 0) is 25.7 Å². The Morgan fingerprint density at radius 3 is 2.56 bits per heavy atom. The average Bonchev–Trinajstić information content (AvgIpc) is 2.81. The summed E-state index contributed by atoms with van der Waals surface area (Å²) in [7, 11) is 0. The Kier molecular flexibility index (Phi) is 7.05. The zero-order chi connectivity index (χ0) is 22.5. The van der Waals surface area contributed by atoms with Gasteiger partial charge in [-0.3, -0.25) is 19.3 Å². The predicted molar refractivity (Wildman–Crippen MR) is 122 cm³/mol. The Bertz CT molecular complexity index is 984. The number of likely N-dealkylation sites (tertiary alicyclic amines) is 1. The van der Waals surface area contributed by atoms with Gasteiger partial charge in [-0.1, -0.05) is 36.4 Å². The lowest BCUT2D eigenvalue weighted by molar-refractivity contribution is -0.151. The number of rotatable bonds is 6. The highest BCUT2D eigenvalue weighted by Crippen LogP contribution is 2.22. The summed E-state index contributed by atoms with van der Waals surface area (Å²) in [4.78, 5) is 41.5. The van der Waals surface area contributed by atoms with Crippen LogP contribution in [0.25, 0.3) is 10.8 Å². The Hall–Kier alpha value is -2.93. The third kappa shape index (κ3) is 5.10. The van der Waals surface area contributed by atoms with Crippen molar-refractivity contribution in [2.75, 3.05) is 32.8 Å². The fraction of sp³-hybridized carbons (Fsp3) is 0.480. The van der Waals surface area contributed by atoms with E-state index in [1.165, 1.54) is 10.8 Å². The first-order chi connectivity index (χ1) is 15.5. The monoisotopic (exact) mass is 437 g/mol. The minimum atomic E-state index is -0.481. The molecule has 4 rings (SSSR count). The molecular weight excluding hydrogens is 406 g/mol. The SMILES string of the molecule is CCOC(=O)C1CCN(C(=O)C[C@H]2C(=O)NCCN2Cc2ccc3ccccc3c2)CC1. The largest absolute Gasteiger partial charge is 0.466 e. The van der Waals surface area contributed by atoms with E-state index in [-0.39, 0.29) is 30.1 Å². The number of benzene rings is 2. The van der Waals surface area contributed by atoms with Crippen molar-refractivity contribution >= 4 is 28.6 Å². The van der Waals surface area contributed by atoms with Crippen LogP contribution in [0.2, 0.25) is 0 Å². The van der Waals surface area contributed by atoms with E-state index in [4.69, 9.17) is 4.74 Å². The summed E-state index contributed by atoms with van der Waals surface area (Å²) in [5.74, 6) is -0.432. The molecular formula is C25H31N3O4. The summed E-state index contributed by atoms with van der Waals surface area (Å²) < 4.78 is 5.11. The number of hydrogen-bond donors (Lipinski definition) is 1. The van der Waals surface area contributed by atoms with Crippen LogP contribution < -0.4 is 5.32 Å². The fourth-order valence-electron chi connectivity index (χ4n) is 4.66. The first kappa shape index (κ1) is 22.3. The molecule has 2 heterocycles. The van der Waals surface area contributed by atoms with Crippen molar-refractivity contribution in [2.24, 2.45) is 5.92 Å². The lowest BCUT2D eigenvalue weighted by Gasteiger charge is -2.37. The molecule has 2 aromatic carbocycles. The lowest BCUT2D eigenvalue weighted by atomic mass is 9.96. The van der Waals surface area contributed by atoms with Crippen molar-refractivity contribution in [3.8, 4) is 0 Å². The Morgan fingerprint density at radius 1 is 1.06 bits per heavy atom. The summed E-state index contributed by atoms with van der Waals surface area (Å²) in [5, 5.41) is 5.26. The Balaban J connectivity index is 1.38. The fourth-order valence-corrected chi connectivity index (χ4v) is 4.66. The van der Waals surface area contributed by atoms with Crippen molar-refractivity contribution in [2.45, 2.75) is 38.8 Å². The standard InChI is InChI=1S/C25H31N3O4/c1-2-32-25(31)20-9-12-27(13-10-20)23(29)16-22-24(30)26-11-14-28(22)17-18-7-8-19-5-3-4-6-21(19)15-18/h3-8,15,20,22H,2,9-14,16-17H2,1H3,(H,26,30)/t22-/m0/s1. The maximum Gasteiger partial charge on any atom is 0.309 e. The zero-order valence-corrected chi connectivity index (χ0v) is 18.6. The maximum absolute atomic E-state index is 13.0. The number of esters is 1. The second-order valence-electron chi connectivity index (χ2n) is 8.57. The lowest BCUT2D eigenvalue weighted by Crippen LogP contribution is -2.56. The van der Waals surface area contributed by atoms with E-state index in [9.17, 15) is 14.4 Å². The van der Waals surface area contributed by atoms with Gasteiger partial charge in [-0.25, -0.2) is 0 Å². The number of nitrogens with zero attached hydrogens (tertiary/aromatic N) is 2. The highest BCUT2D eigenvalue weighted by atomic mass is 16.5. The first-order valence-electron chi connectivity index (χ1n) is 11.5. The van der Waals surface area contributed by atoms with Gasteiger partial charge in [0.1, 0.15) is 0 Å². The van der Waals surface area contributed by atoms with Gasteiger partial charge in [0, 0.05) is 32.7 Å². The molecule has 2 saturated heterocycles. The molecule has 2 fully saturated rings. The smallest absolute Gasteiger partial charge is 0.309 e. The van der Waals surface area contributed by atoms with E-state index in [0.29, 0.717) is 52.2 Å². The summed E-state index contributed by atoms with van der Waals surface area (Å²) in [6, 6.07) is 14.1. The van der Waals surface area contributed by atoms with Crippen molar-refractivity contribution in [1.29, 1.82) is 0 Å². The third-order valence-electron chi connectivity index (χ3n) is 6.48. The van der Waals surface area contributed by atoms with Gasteiger partial charge in [-0.2, -0.15) is 0 Å². The highest BCUT2D eigenvalue weighted by molar-refractivity contribution is 5.89. The number of hydrogen-bond acceptors (Lipinski definition) is 5. The second-order valence-corrected chi connectivity index (χ2v) is 8.57. The summed E-state index contributed by atoms with van der Waals surface area (Å²) >= 11 is 0. The normalized spacial score (nSPS) is 20.2. The van der Waals surface area contributed by atoms with Crippen LogP contribution in [0.4, 0.5) is 0 Å². The van der Waals surface area contributed by atoms with Gasteiger partial charge in [0.25, 0.3) is 0 Å². The highest BCUT2D eigenvalue weighted by Gasteiger charge is 2.34. The van der Waals surface area contributed by atoms with Crippen LogP contribution in [-0.4, -0.2) is 66.4 Å². The molecule has 2 aromatic rings. The number of fused-ring (bicyclic) bond motifs is 1. The molecule has 1 N–H and O–H groups in total. The molecule has 2 aliphatic heterocycles.